The second-order valence-electron chi connectivity index (χ2n) is 7.83. The Balaban J connectivity index is 1.53. The number of carbonyl (C=O) groups excluding carboxylic acids is 1. The molecule has 0 saturated heterocycles. The first-order valence-corrected chi connectivity index (χ1v) is 11.7. The van der Waals surface area contributed by atoms with Crippen molar-refractivity contribution in [2.75, 3.05) is 11.1 Å². The van der Waals surface area contributed by atoms with Crippen LogP contribution in [0, 0.1) is 13.8 Å². The molecule has 0 aliphatic heterocycles. The lowest BCUT2D eigenvalue weighted by atomic mass is 10.1. The maximum atomic E-state index is 12.6. The van der Waals surface area contributed by atoms with Crippen molar-refractivity contribution in [3.8, 4) is 11.3 Å². The summed E-state index contributed by atoms with van der Waals surface area (Å²) in [4.78, 5) is 17.3. The highest BCUT2D eigenvalue weighted by Crippen LogP contribution is 2.37. The number of imidazole rings is 1. The van der Waals surface area contributed by atoms with E-state index < -0.39 is 0 Å². The molecular formula is C24H26ClN3OS. The van der Waals surface area contributed by atoms with E-state index in [2.05, 4.69) is 27.9 Å². The van der Waals surface area contributed by atoms with Crippen molar-refractivity contribution in [1.82, 2.24) is 9.55 Å². The molecule has 3 aromatic rings. The van der Waals surface area contributed by atoms with E-state index in [1.54, 1.807) is 0 Å². The molecule has 0 unspecified atom stereocenters. The number of halogens is 1. The van der Waals surface area contributed by atoms with Crippen LogP contribution in [0.15, 0.2) is 53.8 Å². The smallest absolute Gasteiger partial charge is 0.234 e. The van der Waals surface area contributed by atoms with Gasteiger partial charge >= 0.3 is 0 Å². The molecule has 1 fully saturated rings. The van der Waals surface area contributed by atoms with Crippen molar-refractivity contribution < 1.29 is 4.79 Å². The van der Waals surface area contributed by atoms with Gasteiger partial charge in [-0.3, -0.25) is 4.79 Å². The van der Waals surface area contributed by atoms with Crippen LogP contribution in [0.5, 0.6) is 0 Å². The van der Waals surface area contributed by atoms with Gasteiger partial charge in [-0.1, -0.05) is 60.5 Å². The first kappa shape index (κ1) is 21.0. The molecule has 1 amide bonds. The van der Waals surface area contributed by atoms with Crippen LogP contribution >= 0.6 is 23.4 Å². The number of aryl methyl sites for hydroxylation is 1. The summed E-state index contributed by atoms with van der Waals surface area (Å²) in [6, 6.07) is 14.3. The average Bonchev–Trinajstić information content (AvgIpc) is 3.40. The second kappa shape index (κ2) is 9.27. The number of hydrogen-bond donors (Lipinski definition) is 1. The number of aromatic nitrogens is 2. The minimum absolute atomic E-state index is 0.0114. The van der Waals surface area contributed by atoms with Crippen LogP contribution in [-0.4, -0.2) is 21.2 Å². The minimum atomic E-state index is -0.0114. The summed E-state index contributed by atoms with van der Waals surface area (Å²) in [6.07, 6.45) is 6.70. The highest BCUT2D eigenvalue weighted by molar-refractivity contribution is 7.99. The normalized spacial score (nSPS) is 14.2. The fourth-order valence-corrected chi connectivity index (χ4v) is 4.98. The lowest BCUT2D eigenvalue weighted by Gasteiger charge is -2.18. The van der Waals surface area contributed by atoms with Crippen molar-refractivity contribution in [1.29, 1.82) is 0 Å². The Bertz CT molecular complexity index is 1040. The molecule has 1 aromatic heterocycles. The van der Waals surface area contributed by atoms with Gasteiger partial charge in [-0.2, -0.15) is 0 Å². The summed E-state index contributed by atoms with van der Waals surface area (Å²) in [5.74, 6) is 0.319. The van der Waals surface area contributed by atoms with Gasteiger partial charge in [0.25, 0.3) is 0 Å². The Labute approximate surface area is 187 Å². The highest BCUT2D eigenvalue weighted by atomic mass is 35.5. The van der Waals surface area contributed by atoms with Gasteiger partial charge in [-0.15, -0.1) is 0 Å². The lowest BCUT2D eigenvalue weighted by Crippen LogP contribution is -2.16. The standard InChI is InChI=1S/C24H26ClN3OS/c1-16-6-5-9-21(17(16)2)27-23(29)15-30-24-26-14-22(18-10-12-19(25)13-11-18)28(24)20-7-3-4-8-20/h5-6,9-14,20H,3-4,7-8,15H2,1-2H3,(H,27,29). The van der Waals surface area contributed by atoms with Gasteiger partial charge in [-0.25, -0.2) is 4.98 Å². The summed E-state index contributed by atoms with van der Waals surface area (Å²) >= 11 is 7.58. The number of carbonyl (C=O) groups is 1. The lowest BCUT2D eigenvalue weighted by molar-refractivity contribution is -0.113. The van der Waals surface area contributed by atoms with Gasteiger partial charge in [0.05, 0.1) is 17.6 Å². The fraction of sp³-hybridized carbons (Fsp3) is 0.333. The van der Waals surface area contributed by atoms with E-state index in [4.69, 9.17) is 11.6 Å². The minimum Gasteiger partial charge on any atom is -0.325 e. The van der Waals surface area contributed by atoms with E-state index in [0.29, 0.717) is 11.8 Å². The number of nitrogens with one attached hydrogen (secondary N) is 1. The molecule has 1 aliphatic carbocycles. The second-order valence-corrected chi connectivity index (χ2v) is 9.20. The molecule has 6 heteroatoms. The predicted octanol–water partition coefficient (Wildman–Crippen LogP) is 6.67. The Morgan fingerprint density at radius 2 is 1.90 bits per heavy atom. The first-order valence-electron chi connectivity index (χ1n) is 10.3. The molecule has 1 heterocycles. The fourth-order valence-electron chi connectivity index (χ4n) is 4.00. The van der Waals surface area contributed by atoms with E-state index in [0.717, 1.165) is 45.5 Å². The van der Waals surface area contributed by atoms with Crippen LogP contribution in [0.2, 0.25) is 5.02 Å². The number of anilines is 1. The molecule has 0 spiro atoms. The van der Waals surface area contributed by atoms with Crippen molar-refractivity contribution in [3.05, 3.63) is 64.8 Å². The van der Waals surface area contributed by atoms with Crippen molar-refractivity contribution in [2.24, 2.45) is 0 Å². The molecule has 4 nitrogen and oxygen atoms in total. The summed E-state index contributed by atoms with van der Waals surface area (Å²) in [6.45, 7) is 4.08. The molecule has 1 aliphatic rings. The summed E-state index contributed by atoms with van der Waals surface area (Å²) in [7, 11) is 0. The largest absolute Gasteiger partial charge is 0.325 e. The zero-order valence-electron chi connectivity index (χ0n) is 17.3. The maximum absolute atomic E-state index is 12.6. The Kier molecular flexibility index (Phi) is 6.49. The monoisotopic (exact) mass is 439 g/mol. The molecule has 0 radical (unpaired) electrons. The average molecular weight is 440 g/mol. The Morgan fingerprint density at radius 1 is 1.17 bits per heavy atom. The predicted molar refractivity (Wildman–Crippen MR) is 125 cm³/mol. The van der Waals surface area contributed by atoms with E-state index >= 15 is 0 Å². The molecule has 0 atom stereocenters. The number of rotatable bonds is 6. The van der Waals surface area contributed by atoms with Gasteiger partial charge in [0.2, 0.25) is 5.91 Å². The van der Waals surface area contributed by atoms with Crippen LogP contribution in [0.3, 0.4) is 0 Å². The molecule has 4 rings (SSSR count). The Morgan fingerprint density at radius 3 is 2.63 bits per heavy atom. The van der Waals surface area contributed by atoms with Gasteiger partial charge in [-0.05, 0) is 61.6 Å². The van der Waals surface area contributed by atoms with E-state index in [-0.39, 0.29) is 5.91 Å². The summed E-state index contributed by atoms with van der Waals surface area (Å²) < 4.78 is 2.33. The maximum Gasteiger partial charge on any atom is 0.234 e. The van der Waals surface area contributed by atoms with Crippen molar-refractivity contribution >= 4 is 35.0 Å². The third-order valence-corrected chi connectivity index (χ3v) is 7.02. The molecule has 2 aromatic carbocycles. The highest BCUT2D eigenvalue weighted by Gasteiger charge is 2.24. The first-order chi connectivity index (χ1) is 14.5. The SMILES string of the molecule is Cc1cccc(NC(=O)CSc2ncc(-c3ccc(Cl)cc3)n2C2CCCC2)c1C. The number of benzene rings is 2. The van der Waals surface area contributed by atoms with Crippen LogP contribution in [-0.2, 0) is 4.79 Å². The van der Waals surface area contributed by atoms with E-state index in [1.165, 1.54) is 30.2 Å². The van der Waals surface area contributed by atoms with Gasteiger partial charge in [0.1, 0.15) is 0 Å². The molecule has 1 saturated carbocycles. The quantitative estimate of drug-likeness (QED) is 0.436. The van der Waals surface area contributed by atoms with Crippen molar-refractivity contribution in [3.63, 3.8) is 0 Å². The summed E-state index contributed by atoms with van der Waals surface area (Å²) in [5.41, 5.74) is 5.35. The molecule has 0 bridgehead atoms. The summed E-state index contributed by atoms with van der Waals surface area (Å²) in [5, 5.41) is 4.67. The number of nitrogens with zero attached hydrogens (tertiary/aromatic N) is 2. The van der Waals surface area contributed by atoms with Crippen LogP contribution in [0.1, 0.15) is 42.9 Å². The molecule has 156 valence electrons. The molecule has 1 N–H and O–H groups in total. The van der Waals surface area contributed by atoms with Gasteiger partial charge in [0, 0.05) is 16.8 Å². The van der Waals surface area contributed by atoms with Crippen LogP contribution < -0.4 is 5.32 Å². The van der Waals surface area contributed by atoms with Gasteiger partial charge < -0.3 is 9.88 Å². The zero-order valence-corrected chi connectivity index (χ0v) is 18.9. The zero-order chi connectivity index (χ0) is 21.1. The topological polar surface area (TPSA) is 46.9 Å². The van der Waals surface area contributed by atoms with Crippen LogP contribution in [0.4, 0.5) is 5.69 Å². The number of amides is 1. The van der Waals surface area contributed by atoms with Crippen LogP contribution in [0.25, 0.3) is 11.3 Å². The number of thioether (sulfide) groups is 1. The molecule has 30 heavy (non-hydrogen) atoms. The molecular weight excluding hydrogens is 414 g/mol. The Hall–Kier alpha value is -2.24. The number of hydrogen-bond acceptors (Lipinski definition) is 3. The van der Waals surface area contributed by atoms with E-state index in [9.17, 15) is 4.79 Å². The third-order valence-electron chi connectivity index (χ3n) is 5.80. The van der Waals surface area contributed by atoms with Gasteiger partial charge in [0.15, 0.2) is 5.16 Å². The van der Waals surface area contributed by atoms with Crippen molar-refractivity contribution in [2.45, 2.75) is 50.7 Å². The third kappa shape index (κ3) is 4.57. The van der Waals surface area contributed by atoms with E-state index in [1.807, 2.05) is 49.5 Å².